The van der Waals surface area contributed by atoms with E-state index in [1.54, 1.807) is 0 Å². The van der Waals surface area contributed by atoms with Crippen LogP contribution in [0.1, 0.15) is 24.2 Å². The van der Waals surface area contributed by atoms with Crippen molar-refractivity contribution in [2.24, 2.45) is 0 Å². The van der Waals surface area contributed by atoms with E-state index in [1.165, 1.54) is 0 Å². The summed E-state index contributed by atoms with van der Waals surface area (Å²) in [6.45, 7) is 1.99. The van der Waals surface area contributed by atoms with E-state index < -0.39 is 12.0 Å². The summed E-state index contributed by atoms with van der Waals surface area (Å²) in [5.41, 5.74) is 3.33. The van der Waals surface area contributed by atoms with Crippen LogP contribution in [0.25, 0.3) is 10.9 Å². The fourth-order valence-corrected chi connectivity index (χ4v) is 2.62. The molecule has 0 fully saturated rings. The van der Waals surface area contributed by atoms with Crippen molar-refractivity contribution in [1.82, 2.24) is 10.3 Å². The summed E-state index contributed by atoms with van der Waals surface area (Å²) in [6.07, 6.45) is 0.541. The molecule has 2 heterocycles. The molecule has 0 saturated carbocycles. The Bertz CT molecular complexity index is 588. The highest BCUT2D eigenvalue weighted by Gasteiger charge is 2.30. The molecule has 0 bridgehead atoms. The number of aliphatic carboxylic acids is 1. The third-order valence-corrected chi connectivity index (χ3v) is 3.44. The number of H-pyrrole nitrogens is 1. The first-order chi connectivity index (χ1) is 8.16. The summed E-state index contributed by atoms with van der Waals surface area (Å²) in [5.74, 6) is -0.784. The second kappa shape index (κ2) is 3.60. The lowest BCUT2D eigenvalue weighted by molar-refractivity contribution is -0.139. The quantitative estimate of drug-likeness (QED) is 0.700. The summed E-state index contributed by atoms with van der Waals surface area (Å²) in [6, 6.07) is 7.59. The predicted octanol–water partition coefficient (Wildman–Crippen LogP) is 1.83. The number of carbonyl (C=O) groups is 1. The van der Waals surface area contributed by atoms with Crippen molar-refractivity contribution >= 4 is 16.9 Å². The minimum Gasteiger partial charge on any atom is -0.480 e. The highest BCUT2D eigenvalue weighted by atomic mass is 16.4. The number of hydrogen-bond acceptors (Lipinski definition) is 2. The van der Waals surface area contributed by atoms with Crippen molar-refractivity contribution in [3.05, 3.63) is 35.5 Å². The standard InChI is InChI=1S/C13H14N2O2/c1-7-12-9(6-11(14-7)13(16)17)8-4-2-3-5-10(8)15-12/h2-5,7,11,14-15H,6H2,1H3,(H,16,17)/t7-,11-/m0/s1. The van der Waals surface area contributed by atoms with Gasteiger partial charge in [-0.1, -0.05) is 18.2 Å². The summed E-state index contributed by atoms with van der Waals surface area (Å²) in [5, 5.41) is 13.4. The zero-order valence-corrected chi connectivity index (χ0v) is 9.53. The Morgan fingerprint density at radius 2 is 2.18 bits per heavy atom. The molecule has 2 atom stereocenters. The van der Waals surface area contributed by atoms with Gasteiger partial charge in [0.15, 0.2) is 0 Å². The van der Waals surface area contributed by atoms with E-state index in [4.69, 9.17) is 5.11 Å². The van der Waals surface area contributed by atoms with Crippen LogP contribution in [-0.2, 0) is 11.2 Å². The van der Waals surface area contributed by atoms with Crippen molar-refractivity contribution in [2.75, 3.05) is 0 Å². The van der Waals surface area contributed by atoms with Crippen LogP contribution in [0, 0.1) is 0 Å². The Balaban J connectivity index is 2.16. The van der Waals surface area contributed by atoms with E-state index in [0.29, 0.717) is 6.42 Å². The van der Waals surface area contributed by atoms with Crippen molar-refractivity contribution < 1.29 is 9.90 Å². The molecule has 0 radical (unpaired) electrons. The van der Waals surface area contributed by atoms with E-state index in [0.717, 1.165) is 22.2 Å². The van der Waals surface area contributed by atoms with Crippen LogP contribution in [0.15, 0.2) is 24.3 Å². The third kappa shape index (κ3) is 1.52. The monoisotopic (exact) mass is 230 g/mol. The molecule has 1 aromatic heterocycles. The number of para-hydroxylation sites is 1. The van der Waals surface area contributed by atoms with Crippen LogP contribution in [0.4, 0.5) is 0 Å². The van der Waals surface area contributed by atoms with Crippen LogP contribution >= 0.6 is 0 Å². The van der Waals surface area contributed by atoms with Crippen molar-refractivity contribution in [3.8, 4) is 0 Å². The van der Waals surface area contributed by atoms with Gasteiger partial charge in [0.25, 0.3) is 0 Å². The minimum absolute atomic E-state index is 0.0484. The van der Waals surface area contributed by atoms with E-state index >= 15 is 0 Å². The van der Waals surface area contributed by atoms with Gasteiger partial charge in [0, 0.05) is 29.1 Å². The second-order valence-electron chi connectivity index (χ2n) is 4.55. The summed E-state index contributed by atoms with van der Waals surface area (Å²) in [7, 11) is 0. The molecule has 1 aliphatic heterocycles. The average Bonchev–Trinajstić information content (AvgIpc) is 2.68. The molecule has 17 heavy (non-hydrogen) atoms. The molecule has 3 N–H and O–H groups in total. The first-order valence-electron chi connectivity index (χ1n) is 5.75. The Kier molecular flexibility index (Phi) is 2.19. The Morgan fingerprint density at radius 3 is 2.94 bits per heavy atom. The molecule has 0 aliphatic carbocycles. The number of benzene rings is 1. The maximum absolute atomic E-state index is 11.1. The lowest BCUT2D eigenvalue weighted by Gasteiger charge is -2.26. The second-order valence-corrected chi connectivity index (χ2v) is 4.55. The molecule has 2 aromatic rings. The minimum atomic E-state index is -0.784. The van der Waals surface area contributed by atoms with Crippen LogP contribution in [0.2, 0.25) is 0 Å². The van der Waals surface area contributed by atoms with Crippen molar-refractivity contribution in [2.45, 2.75) is 25.4 Å². The van der Waals surface area contributed by atoms with E-state index in [-0.39, 0.29) is 6.04 Å². The fourth-order valence-electron chi connectivity index (χ4n) is 2.62. The van der Waals surface area contributed by atoms with Crippen LogP contribution in [0.3, 0.4) is 0 Å². The zero-order chi connectivity index (χ0) is 12.0. The van der Waals surface area contributed by atoms with E-state index in [2.05, 4.69) is 10.3 Å². The molecule has 1 aromatic carbocycles. The van der Waals surface area contributed by atoms with Gasteiger partial charge in [-0.3, -0.25) is 10.1 Å². The zero-order valence-electron chi connectivity index (χ0n) is 9.53. The van der Waals surface area contributed by atoms with Gasteiger partial charge >= 0.3 is 5.97 Å². The largest absolute Gasteiger partial charge is 0.480 e. The Labute approximate surface area is 98.6 Å². The third-order valence-electron chi connectivity index (χ3n) is 3.44. The van der Waals surface area contributed by atoms with Gasteiger partial charge in [0.05, 0.1) is 0 Å². The number of aromatic amines is 1. The van der Waals surface area contributed by atoms with Crippen LogP contribution < -0.4 is 5.32 Å². The van der Waals surface area contributed by atoms with Gasteiger partial charge < -0.3 is 10.1 Å². The predicted molar refractivity (Wildman–Crippen MR) is 65.0 cm³/mol. The summed E-state index contributed by atoms with van der Waals surface area (Å²) in [4.78, 5) is 14.5. The molecule has 88 valence electrons. The Morgan fingerprint density at radius 1 is 1.41 bits per heavy atom. The lowest BCUT2D eigenvalue weighted by Crippen LogP contribution is -2.43. The smallest absolute Gasteiger partial charge is 0.321 e. The molecule has 0 amide bonds. The first kappa shape index (κ1) is 10.4. The molecule has 3 rings (SSSR count). The number of carboxylic acids is 1. The Hall–Kier alpha value is -1.81. The summed E-state index contributed by atoms with van der Waals surface area (Å²) >= 11 is 0. The van der Waals surface area contributed by atoms with Gasteiger partial charge in [0.2, 0.25) is 0 Å². The van der Waals surface area contributed by atoms with E-state index in [9.17, 15) is 4.79 Å². The van der Waals surface area contributed by atoms with Gasteiger partial charge in [-0.2, -0.15) is 0 Å². The SMILES string of the molecule is C[C@@H]1N[C@H](C(=O)O)Cc2c1[nH]c1ccccc21. The molecule has 4 heteroatoms. The normalized spacial score (nSPS) is 23.6. The molecule has 0 saturated heterocycles. The lowest BCUT2D eigenvalue weighted by atomic mass is 9.95. The highest BCUT2D eigenvalue weighted by molar-refractivity contribution is 5.86. The average molecular weight is 230 g/mol. The van der Waals surface area contributed by atoms with Gasteiger partial charge in [-0.25, -0.2) is 0 Å². The number of rotatable bonds is 1. The van der Waals surface area contributed by atoms with Crippen molar-refractivity contribution in [1.29, 1.82) is 0 Å². The highest BCUT2D eigenvalue weighted by Crippen LogP contribution is 2.31. The molecule has 4 nitrogen and oxygen atoms in total. The maximum Gasteiger partial charge on any atom is 0.321 e. The number of carboxylic acid groups (broad SMARTS) is 1. The number of fused-ring (bicyclic) bond motifs is 3. The van der Waals surface area contributed by atoms with Crippen LogP contribution in [-0.4, -0.2) is 22.1 Å². The number of hydrogen-bond donors (Lipinski definition) is 3. The number of aromatic nitrogens is 1. The van der Waals surface area contributed by atoms with Crippen LogP contribution in [0.5, 0.6) is 0 Å². The van der Waals surface area contributed by atoms with E-state index in [1.807, 2.05) is 31.2 Å². The summed E-state index contributed by atoms with van der Waals surface area (Å²) < 4.78 is 0. The molecular formula is C13H14N2O2. The number of nitrogens with one attached hydrogen (secondary N) is 2. The van der Waals surface area contributed by atoms with Gasteiger partial charge in [-0.05, 0) is 18.6 Å². The van der Waals surface area contributed by atoms with Gasteiger partial charge in [-0.15, -0.1) is 0 Å². The maximum atomic E-state index is 11.1. The molecule has 1 aliphatic rings. The van der Waals surface area contributed by atoms with Crippen molar-refractivity contribution in [3.63, 3.8) is 0 Å². The van der Waals surface area contributed by atoms with Gasteiger partial charge in [0.1, 0.15) is 6.04 Å². The first-order valence-corrected chi connectivity index (χ1v) is 5.75. The molecular weight excluding hydrogens is 216 g/mol. The topological polar surface area (TPSA) is 65.1 Å². The fraction of sp³-hybridized carbons (Fsp3) is 0.308. The molecule has 0 spiro atoms. The molecule has 0 unspecified atom stereocenters.